The minimum absolute atomic E-state index is 0.121. The SMILES string of the molecule is CCCCCCCOc1ccc(-c2cnc(-c3ccc(CC(NC(=O)c4ccc(C(C)(C)C)s4)C(=O)N[C@H](C(=O)O)[C@@H](C)CC)cc3)nc2)cc1. The third-order valence-corrected chi connectivity index (χ3v) is 10.5. The molecule has 9 nitrogen and oxygen atoms in total. The van der Waals surface area contributed by atoms with E-state index in [-0.39, 0.29) is 23.7 Å². The van der Waals surface area contributed by atoms with Crippen molar-refractivity contribution in [2.75, 3.05) is 6.61 Å². The van der Waals surface area contributed by atoms with Crippen molar-refractivity contribution in [2.45, 2.75) is 104 Å². The quantitative estimate of drug-likeness (QED) is 0.0883. The molecule has 4 rings (SSSR count). The van der Waals surface area contributed by atoms with Crippen LogP contribution in [0.25, 0.3) is 22.5 Å². The second-order valence-electron chi connectivity index (χ2n) is 14.1. The van der Waals surface area contributed by atoms with Crippen LogP contribution in [0.5, 0.6) is 5.75 Å². The first-order chi connectivity index (χ1) is 24.4. The summed E-state index contributed by atoms with van der Waals surface area (Å²) < 4.78 is 5.89. The van der Waals surface area contributed by atoms with Crippen LogP contribution in [0.4, 0.5) is 0 Å². The van der Waals surface area contributed by atoms with Crippen LogP contribution in [-0.4, -0.2) is 51.5 Å². The highest BCUT2D eigenvalue weighted by molar-refractivity contribution is 7.14. The first-order valence-corrected chi connectivity index (χ1v) is 18.8. The van der Waals surface area contributed by atoms with Gasteiger partial charge in [0.2, 0.25) is 5.91 Å². The predicted octanol–water partition coefficient (Wildman–Crippen LogP) is 8.48. The molecule has 2 aromatic carbocycles. The van der Waals surface area contributed by atoms with E-state index in [0.29, 0.717) is 17.1 Å². The number of thiophene rings is 1. The lowest BCUT2D eigenvalue weighted by Crippen LogP contribution is -2.54. The van der Waals surface area contributed by atoms with Gasteiger partial charge in [-0.1, -0.05) is 110 Å². The van der Waals surface area contributed by atoms with Gasteiger partial charge in [-0.2, -0.15) is 0 Å². The summed E-state index contributed by atoms with van der Waals surface area (Å²) in [5.41, 5.74) is 3.35. The maximum absolute atomic E-state index is 13.5. The molecule has 10 heteroatoms. The summed E-state index contributed by atoms with van der Waals surface area (Å²) in [5.74, 6) is -0.917. The van der Waals surface area contributed by atoms with E-state index < -0.39 is 24.0 Å². The molecule has 4 aromatic rings. The molecule has 0 aliphatic carbocycles. The van der Waals surface area contributed by atoms with E-state index in [4.69, 9.17) is 4.74 Å². The number of aliphatic carboxylic acids is 1. The van der Waals surface area contributed by atoms with Gasteiger partial charge in [0.15, 0.2) is 5.82 Å². The Kier molecular flexibility index (Phi) is 14.3. The van der Waals surface area contributed by atoms with Crippen LogP contribution in [0.2, 0.25) is 0 Å². The van der Waals surface area contributed by atoms with Gasteiger partial charge in [0.25, 0.3) is 5.91 Å². The number of rotatable bonds is 18. The molecule has 2 aromatic heterocycles. The molecule has 272 valence electrons. The number of carboxylic acids is 1. The topological polar surface area (TPSA) is 131 Å². The Morgan fingerprint density at radius 2 is 1.47 bits per heavy atom. The molecule has 0 bridgehead atoms. The smallest absolute Gasteiger partial charge is 0.326 e. The highest BCUT2D eigenvalue weighted by Crippen LogP contribution is 2.30. The second kappa shape index (κ2) is 18.6. The Morgan fingerprint density at radius 3 is 2.06 bits per heavy atom. The van der Waals surface area contributed by atoms with Gasteiger partial charge in [0.05, 0.1) is 11.5 Å². The fraction of sp³-hybridized carbons (Fsp3) is 0.439. The molecule has 51 heavy (non-hydrogen) atoms. The minimum atomic E-state index is -1.11. The van der Waals surface area contributed by atoms with Crippen LogP contribution >= 0.6 is 11.3 Å². The number of carbonyl (C=O) groups excluding carboxylic acids is 2. The van der Waals surface area contributed by atoms with Crippen LogP contribution in [0.15, 0.2) is 73.1 Å². The molecular weight excluding hydrogens is 661 g/mol. The lowest BCUT2D eigenvalue weighted by molar-refractivity contribution is -0.143. The Morgan fingerprint density at radius 1 is 0.824 bits per heavy atom. The van der Waals surface area contributed by atoms with Crippen molar-refractivity contribution in [1.82, 2.24) is 20.6 Å². The van der Waals surface area contributed by atoms with Gasteiger partial charge in [0.1, 0.15) is 17.8 Å². The van der Waals surface area contributed by atoms with Gasteiger partial charge in [-0.15, -0.1) is 11.3 Å². The van der Waals surface area contributed by atoms with Crippen LogP contribution in [-0.2, 0) is 21.4 Å². The normalized spacial score (nSPS) is 13.2. The first-order valence-electron chi connectivity index (χ1n) is 18.0. The van der Waals surface area contributed by atoms with Crippen LogP contribution in [0, 0.1) is 5.92 Å². The molecule has 0 radical (unpaired) electrons. The standard InChI is InChI=1S/C41H52N4O5S/c1-7-9-10-11-12-23-50-32-19-17-29(18-20-32)31-25-42-37(43-26-31)30-15-13-28(14-16-30)24-33(38(46)45-36(40(48)49)27(3)8-2)44-39(47)34-21-22-35(51-34)41(4,5)6/h13-22,25-27,33,36H,7-12,23-24H2,1-6H3,(H,44,47)(H,45,46)(H,48,49)/t27-,33?,36-/m0/s1. The summed E-state index contributed by atoms with van der Waals surface area (Å²) in [4.78, 5) is 49.6. The van der Waals surface area contributed by atoms with Gasteiger partial charge < -0.3 is 20.5 Å². The third-order valence-electron chi connectivity index (χ3n) is 8.98. The lowest BCUT2D eigenvalue weighted by atomic mass is 9.95. The van der Waals surface area contributed by atoms with Crippen molar-refractivity contribution in [3.05, 3.63) is 88.4 Å². The summed E-state index contributed by atoms with van der Waals surface area (Å²) in [6.07, 6.45) is 10.3. The highest BCUT2D eigenvalue weighted by atomic mass is 32.1. The number of unbranched alkanes of at least 4 members (excludes halogenated alkanes) is 4. The van der Waals surface area contributed by atoms with Gasteiger partial charge >= 0.3 is 5.97 Å². The van der Waals surface area contributed by atoms with Crippen LogP contribution < -0.4 is 15.4 Å². The van der Waals surface area contributed by atoms with Crippen LogP contribution in [0.1, 0.15) is 100 Å². The van der Waals surface area contributed by atoms with E-state index in [9.17, 15) is 19.5 Å². The van der Waals surface area contributed by atoms with Crippen molar-refractivity contribution in [2.24, 2.45) is 5.92 Å². The summed E-state index contributed by atoms with van der Waals surface area (Å²) in [7, 11) is 0. The van der Waals surface area contributed by atoms with Crippen molar-refractivity contribution in [3.63, 3.8) is 0 Å². The van der Waals surface area contributed by atoms with Crippen molar-refractivity contribution < 1.29 is 24.2 Å². The molecule has 0 saturated heterocycles. The first kappa shape index (κ1) is 39.2. The number of carbonyl (C=O) groups is 3. The number of hydrogen-bond acceptors (Lipinski definition) is 7. The fourth-order valence-electron chi connectivity index (χ4n) is 5.53. The van der Waals surface area contributed by atoms with Gasteiger partial charge in [-0.3, -0.25) is 9.59 Å². The third kappa shape index (κ3) is 11.5. The Labute approximate surface area is 306 Å². The molecule has 2 amide bonds. The van der Waals surface area contributed by atoms with E-state index in [1.165, 1.54) is 37.0 Å². The summed E-state index contributed by atoms with van der Waals surface area (Å²) in [6.45, 7) is 12.8. The maximum Gasteiger partial charge on any atom is 0.326 e. The van der Waals surface area contributed by atoms with E-state index in [1.54, 1.807) is 25.4 Å². The zero-order valence-electron chi connectivity index (χ0n) is 30.7. The Bertz CT molecular complexity index is 1710. The van der Waals surface area contributed by atoms with E-state index in [2.05, 4.69) is 48.3 Å². The Balaban J connectivity index is 1.43. The monoisotopic (exact) mass is 712 g/mol. The zero-order valence-corrected chi connectivity index (χ0v) is 31.5. The largest absolute Gasteiger partial charge is 0.494 e. The second-order valence-corrected chi connectivity index (χ2v) is 15.2. The lowest BCUT2D eigenvalue weighted by Gasteiger charge is -2.24. The molecule has 3 atom stereocenters. The van der Waals surface area contributed by atoms with E-state index in [1.807, 2.05) is 61.5 Å². The minimum Gasteiger partial charge on any atom is -0.494 e. The maximum atomic E-state index is 13.5. The number of carboxylic acid groups (broad SMARTS) is 1. The zero-order chi connectivity index (χ0) is 37.0. The highest BCUT2D eigenvalue weighted by Gasteiger charge is 2.30. The van der Waals surface area contributed by atoms with Crippen molar-refractivity contribution >= 4 is 29.1 Å². The van der Waals surface area contributed by atoms with Crippen LogP contribution in [0.3, 0.4) is 0 Å². The molecule has 0 spiro atoms. The predicted molar refractivity (Wildman–Crippen MR) is 204 cm³/mol. The molecule has 0 saturated carbocycles. The number of aromatic nitrogens is 2. The van der Waals surface area contributed by atoms with Crippen molar-refractivity contribution in [3.8, 4) is 28.3 Å². The number of hydrogen-bond donors (Lipinski definition) is 3. The number of amides is 2. The summed E-state index contributed by atoms with van der Waals surface area (Å²) >= 11 is 1.38. The fourth-order valence-corrected chi connectivity index (χ4v) is 6.50. The summed E-state index contributed by atoms with van der Waals surface area (Å²) in [5, 5.41) is 15.4. The number of ether oxygens (including phenoxy) is 1. The van der Waals surface area contributed by atoms with Gasteiger partial charge in [-0.25, -0.2) is 14.8 Å². The molecular formula is C41H52N4O5S. The molecule has 1 unspecified atom stereocenters. The van der Waals surface area contributed by atoms with Gasteiger partial charge in [0, 0.05) is 34.8 Å². The molecule has 0 aliphatic heterocycles. The molecule has 0 fully saturated rings. The molecule has 2 heterocycles. The van der Waals surface area contributed by atoms with Crippen molar-refractivity contribution in [1.29, 1.82) is 0 Å². The summed E-state index contributed by atoms with van der Waals surface area (Å²) in [6, 6.07) is 17.1. The Hall–Kier alpha value is -4.57. The van der Waals surface area contributed by atoms with E-state index in [0.717, 1.165) is 45.9 Å². The van der Waals surface area contributed by atoms with E-state index >= 15 is 0 Å². The average Bonchev–Trinajstić information content (AvgIpc) is 3.64. The number of benzene rings is 2. The van der Waals surface area contributed by atoms with Gasteiger partial charge in [-0.05, 0) is 53.1 Å². The number of nitrogens with one attached hydrogen (secondary N) is 2. The number of nitrogens with zero attached hydrogens (tertiary/aromatic N) is 2. The average molecular weight is 713 g/mol. The molecule has 3 N–H and O–H groups in total. The molecule has 0 aliphatic rings.